The van der Waals surface area contributed by atoms with Crippen LogP contribution < -0.4 is 9.64 Å². The van der Waals surface area contributed by atoms with Crippen molar-refractivity contribution in [2.24, 2.45) is 0 Å². The number of hydrogen-bond donors (Lipinski definition) is 0. The minimum Gasteiger partial charge on any atom is -0.491 e. The molecule has 3 aromatic rings. The lowest BCUT2D eigenvalue weighted by molar-refractivity contribution is -0.120. The van der Waals surface area contributed by atoms with Crippen LogP contribution in [0.2, 0.25) is 0 Å². The average molecular weight is 445 g/mol. The number of hydrogen-bond acceptors (Lipinski definition) is 4. The van der Waals surface area contributed by atoms with Crippen molar-refractivity contribution in [3.8, 4) is 5.75 Å². The van der Waals surface area contributed by atoms with Crippen molar-refractivity contribution in [2.75, 3.05) is 11.9 Å². The summed E-state index contributed by atoms with van der Waals surface area (Å²) in [7, 11) is 1.76. The molecule has 168 valence electrons. The van der Waals surface area contributed by atoms with Crippen molar-refractivity contribution < 1.29 is 18.7 Å². The van der Waals surface area contributed by atoms with Crippen LogP contribution in [0.5, 0.6) is 5.75 Å². The lowest BCUT2D eigenvalue weighted by Gasteiger charge is -2.22. The molecular weight excluding hydrogens is 419 g/mol. The number of benzene rings is 3. The van der Waals surface area contributed by atoms with Gasteiger partial charge < -0.3 is 9.64 Å². The molecule has 6 heteroatoms. The number of rotatable bonds is 7. The molecule has 0 bridgehead atoms. The van der Waals surface area contributed by atoms with E-state index in [0.29, 0.717) is 17.9 Å². The van der Waals surface area contributed by atoms with Crippen LogP contribution in [0.1, 0.15) is 25.0 Å². The lowest BCUT2D eigenvalue weighted by Crippen LogP contribution is -2.34. The molecular formula is C27H25FN2O3. The first-order chi connectivity index (χ1) is 15.9. The maximum absolute atomic E-state index is 14.6. The van der Waals surface area contributed by atoms with Gasteiger partial charge in [-0.1, -0.05) is 54.6 Å². The molecule has 0 aliphatic carbocycles. The van der Waals surface area contributed by atoms with E-state index in [-0.39, 0.29) is 23.1 Å². The number of para-hydroxylation sites is 1. The number of carbonyl (C=O) groups excluding carboxylic acids is 2. The third kappa shape index (κ3) is 4.51. The third-order valence-electron chi connectivity index (χ3n) is 5.31. The number of amides is 2. The number of halogens is 1. The molecule has 33 heavy (non-hydrogen) atoms. The number of anilines is 1. The fraction of sp³-hybridized carbons (Fsp3) is 0.185. The maximum Gasteiger partial charge on any atom is 0.282 e. The lowest BCUT2D eigenvalue weighted by atomic mass is 10.0. The Kier molecular flexibility index (Phi) is 6.27. The quantitative estimate of drug-likeness (QED) is 0.480. The Hall–Kier alpha value is -3.93. The number of nitrogens with zero attached hydrogens (tertiary/aromatic N) is 2. The van der Waals surface area contributed by atoms with E-state index in [4.69, 9.17) is 4.74 Å². The molecule has 0 fully saturated rings. The molecule has 0 aromatic heterocycles. The molecule has 0 N–H and O–H groups in total. The summed E-state index contributed by atoms with van der Waals surface area (Å²) in [4.78, 5) is 29.7. The normalized spacial score (nSPS) is 13.8. The smallest absolute Gasteiger partial charge is 0.282 e. The number of likely N-dealkylation sites (N-methyl/N-ethyl adjacent to an activating group) is 1. The van der Waals surface area contributed by atoms with Crippen molar-refractivity contribution in [2.45, 2.75) is 26.5 Å². The van der Waals surface area contributed by atoms with Crippen LogP contribution in [0.25, 0.3) is 5.57 Å². The van der Waals surface area contributed by atoms with E-state index >= 15 is 0 Å². The summed E-state index contributed by atoms with van der Waals surface area (Å²) in [6.07, 6.45) is 0.00821. The molecule has 1 heterocycles. The first kappa shape index (κ1) is 22.3. The van der Waals surface area contributed by atoms with Crippen molar-refractivity contribution >= 4 is 23.1 Å². The maximum atomic E-state index is 14.6. The highest BCUT2D eigenvalue weighted by molar-refractivity contribution is 6.45. The zero-order valence-corrected chi connectivity index (χ0v) is 18.8. The third-order valence-corrected chi connectivity index (χ3v) is 5.31. The van der Waals surface area contributed by atoms with Gasteiger partial charge in [-0.3, -0.25) is 9.59 Å². The molecule has 1 aliphatic rings. The Morgan fingerprint density at radius 1 is 0.879 bits per heavy atom. The highest BCUT2D eigenvalue weighted by Gasteiger charge is 2.42. The van der Waals surface area contributed by atoms with Gasteiger partial charge in [0.2, 0.25) is 0 Å². The van der Waals surface area contributed by atoms with E-state index in [2.05, 4.69) is 0 Å². The van der Waals surface area contributed by atoms with Gasteiger partial charge in [0, 0.05) is 13.6 Å². The van der Waals surface area contributed by atoms with Crippen LogP contribution in [0.4, 0.5) is 10.1 Å². The molecule has 5 nitrogen and oxygen atoms in total. The van der Waals surface area contributed by atoms with E-state index in [1.54, 1.807) is 42.3 Å². The summed E-state index contributed by atoms with van der Waals surface area (Å²) in [5.74, 6) is -1.08. The molecule has 0 spiro atoms. The summed E-state index contributed by atoms with van der Waals surface area (Å²) in [5.41, 5.74) is 1.95. The van der Waals surface area contributed by atoms with Gasteiger partial charge in [0.1, 0.15) is 17.3 Å². The zero-order valence-electron chi connectivity index (χ0n) is 18.8. The fourth-order valence-corrected chi connectivity index (χ4v) is 3.89. The van der Waals surface area contributed by atoms with Gasteiger partial charge in [0.05, 0.1) is 17.4 Å². The van der Waals surface area contributed by atoms with Crippen molar-refractivity contribution in [1.82, 2.24) is 4.90 Å². The average Bonchev–Trinajstić information content (AvgIpc) is 3.05. The van der Waals surface area contributed by atoms with Crippen molar-refractivity contribution in [1.29, 1.82) is 0 Å². The molecule has 1 aliphatic heterocycles. The number of ether oxygens (including phenoxy) is 1. The first-order valence-electron chi connectivity index (χ1n) is 10.8. The molecule has 2 amide bonds. The van der Waals surface area contributed by atoms with Crippen LogP contribution in [-0.4, -0.2) is 29.9 Å². The Balaban J connectivity index is 1.78. The van der Waals surface area contributed by atoms with Gasteiger partial charge in [-0.2, -0.15) is 0 Å². The summed E-state index contributed by atoms with van der Waals surface area (Å²) in [6.45, 7) is 4.27. The van der Waals surface area contributed by atoms with Crippen LogP contribution in [0.3, 0.4) is 0 Å². The van der Waals surface area contributed by atoms with E-state index in [0.717, 1.165) is 10.5 Å². The SMILES string of the molecule is CC(C)Oc1ccc(C2=C(N(C)Cc3ccccc3)C(=O)N(c3ccccc3F)C2=O)cc1. The Bertz CT molecular complexity index is 1200. The Labute approximate surface area is 192 Å². The van der Waals surface area contributed by atoms with Crippen LogP contribution >= 0.6 is 0 Å². The van der Waals surface area contributed by atoms with Gasteiger partial charge in [-0.05, 0) is 49.2 Å². The predicted molar refractivity (Wildman–Crippen MR) is 126 cm³/mol. The predicted octanol–water partition coefficient (Wildman–Crippen LogP) is 5.03. The van der Waals surface area contributed by atoms with E-state index in [1.807, 2.05) is 44.2 Å². The van der Waals surface area contributed by atoms with Gasteiger partial charge in [0.25, 0.3) is 11.8 Å². The second-order valence-corrected chi connectivity index (χ2v) is 8.15. The molecule has 3 aromatic carbocycles. The van der Waals surface area contributed by atoms with Crippen molar-refractivity contribution in [3.05, 3.63) is 102 Å². The second kappa shape index (κ2) is 9.28. The van der Waals surface area contributed by atoms with Crippen LogP contribution in [0.15, 0.2) is 84.6 Å². The second-order valence-electron chi connectivity index (χ2n) is 8.15. The number of imide groups is 1. The topological polar surface area (TPSA) is 49.9 Å². The largest absolute Gasteiger partial charge is 0.491 e. The minimum atomic E-state index is -0.633. The first-order valence-corrected chi connectivity index (χ1v) is 10.8. The van der Waals surface area contributed by atoms with Gasteiger partial charge in [-0.25, -0.2) is 9.29 Å². The highest BCUT2D eigenvalue weighted by atomic mass is 19.1. The van der Waals surface area contributed by atoms with Crippen molar-refractivity contribution in [3.63, 3.8) is 0 Å². The summed E-state index contributed by atoms with van der Waals surface area (Å²) in [5, 5.41) is 0. The standard InChI is InChI=1S/C27H25FN2O3/c1-18(2)33-21-15-13-20(14-16-21)24-25(29(3)17-19-9-5-4-6-10-19)27(32)30(26(24)31)23-12-8-7-11-22(23)28/h4-16,18H,17H2,1-3H3. The van der Waals surface area contributed by atoms with Gasteiger partial charge >= 0.3 is 0 Å². The monoisotopic (exact) mass is 444 g/mol. The highest BCUT2D eigenvalue weighted by Crippen LogP contribution is 2.36. The van der Waals surface area contributed by atoms with Gasteiger partial charge in [0.15, 0.2) is 0 Å². The Morgan fingerprint density at radius 3 is 2.15 bits per heavy atom. The summed E-state index contributed by atoms with van der Waals surface area (Å²) >= 11 is 0. The fourth-order valence-electron chi connectivity index (χ4n) is 3.89. The number of carbonyl (C=O) groups is 2. The molecule has 0 radical (unpaired) electrons. The van der Waals surface area contributed by atoms with E-state index in [1.165, 1.54) is 18.2 Å². The zero-order chi connectivity index (χ0) is 23.5. The molecule has 0 atom stereocenters. The summed E-state index contributed by atoms with van der Waals surface area (Å²) in [6, 6.07) is 22.5. The van der Waals surface area contributed by atoms with Crippen LogP contribution in [0, 0.1) is 5.82 Å². The molecule has 0 unspecified atom stereocenters. The van der Waals surface area contributed by atoms with Crippen LogP contribution in [-0.2, 0) is 16.1 Å². The Morgan fingerprint density at radius 2 is 1.52 bits per heavy atom. The van der Waals surface area contributed by atoms with E-state index < -0.39 is 17.6 Å². The summed E-state index contributed by atoms with van der Waals surface area (Å²) < 4.78 is 20.3. The van der Waals surface area contributed by atoms with E-state index in [9.17, 15) is 14.0 Å². The van der Waals surface area contributed by atoms with Gasteiger partial charge in [-0.15, -0.1) is 0 Å². The molecule has 0 saturated heterocycles. The molecule has 0 saturated carbocycles. The molecule has 4 rings (SSSR count). The minimum absolute atomic E-state index is 0.00821.